The van der Waals surface area contributed by atoms with E-state index in [1.54, 1.807) is 76.0 Å². The van der Waals surface area contributed by atoms with Gasteiger partial charge in [-0.3, -0.25) is 14.4 Å². The second-order valence-electron chi connectivity index (χ2n) is 17.7. The largest absolute Gasteiger partial charge is 0.384 e. The molecule has 73 heavy (non-hydrogen) atoms. The van der Waals surface area contributed by atoms with Crippen LogP contribution >= 0.6 is 0 Å². The van der Waals surface area contributed by atoms with E-state index in [2.05, 4.69) is 35.6 Å². The first-order valence-electron chi connectivity index (χ1n) is 24.3. The van der Waals surface area contributed by atoms with Gasteiger partial charge < -0.3 is 68.5 Å². The van der Waals surface area contributed by atoms with Crippen LogP contribution in [0.25, 0.3) is 0 Å². The molecule has 5 aromatic heterocycles. The molecule has 0 atom stereocenters. The van der Waals surface area contributed by atoms with Crippen molar-refractivity contribution < 1.29 is 28.7 Å². The van der Waals surface area contributed by atoms with Gasteiger partial charge in [-0.2, -0.15) is 0 Å². The van der Waals surface area contributed by atoms with Crippen LogP contribution in [0.1, 0.15) is 66.3 Å². The average molecular weight is 1000 g/mol. The number of carbonyl (C=O) groups excluding carboxylic acids is 5. The first kappa shape index (κ1) is 54.0. The van der Waals surface area contributed by atoms with Crippen molar-refractivity contribution in [2.24, 2.45) is 0 Å². The Kier molecular flexibility index (Phi) is 20.6. The van der Waals surface area contributed by atoms with E-state index in [9.17, 15) is 24.0 Å². The van der Waals surface area contributed by atoms with Gasteiger partial charge in [-0.25, -0.2) is 34.5 Å². The summed E-state index contributed by atoms with van der Waals surface area (Å²) >= 11 is 0. The van der Waals surface area contributed by atoms with Crippen molar-refractivity contribution >= 4 is 58.9 Å². The van der Waals surface area contributed by atoms with E-state index in [1.807, 2.05) is 40.1 Å². The molecular weight excluding hydrogens is 935 g/mol. The number of nitrogen functional groups attached to an aromatic ring is 5. The topological polar surface area (TPSA) is 329 Å². The monoisotopic (exact) mass is 1000 g/mol. The summed E-state index contributed by atoms with van der Waals surface area (Å²) in [6.45, 7) is 9.30. The van der Waals surface area contributed by atoms with Crippen molar-refractivity contribution in [3.05, 3.63) is 119 Å². The van der Waals surface area contributed by atoms with E-state index in [-0.39, 0.29) is 36.4 Å². The Hall–Kier alpha value is -8.34. The van der Waals surface area contributed by atoms with Crippen molar-refractivity contribution in [1.29, 1.82) is 0 Å². The number of ether oxygens (including phenoxy) is 1. The molecule has 388 valence electrons. The lowest BCUT2D eigenvalue weighted by molar-refractivity contribution is -0.143. The molecule has 0 radical (unpaired) electrons. The lowest BCUT2D eigenvalue weighted by Crippen LogP contribution is -2.45. The maximum Gasteiger partial charge on any atom is 0.317 e. The summed E-state index contributed by atoms with van der Waals surface area (Å²) in [7, 11) is 0. The highest BCUT2D eigenvalue weighted by Crippen LogP contribution is 2.16. The van der Waals surface area contributed by atoms with Gasteiger partial charge in [0.2, 0.25) is 17.7 Å². The van der Waals surface area contributed by atoms with Gasteiger partial charge in [0.25, 0.3) is 0 Å². The average Bonchev–Trinajstić information content (AvgIpc) is 4.00. The molecule has 23 heteroatoms. The van der Waals surface area contributed by atoms with E-state index in [1.165, 1.54) is 0 Å². The van der Waals surface area contributed by atoms with Gasteiger partial charge in [-0.15, -0.1) is 0 Å². The van der Waals surface area contributed by atoms with Crippen molar-refractivity contribution in [2.75, 3.05) is 87.7 Å². The molecule has 7 amide bonds. The summed E-state index contributed by atoms with van der Waals surface area (Å²) in [6, 6.07) is 18.2. The fourth-order valence-electron chi connectivity index (χ4n) is 7.86. The SMILES string of the molecule is Nc1ccc(CN2CCCC2=O)cn1.Nc1ccc(CN2CCCCC2=O)cn1.Nc1ccc(CN2CCCNC2=O)cn1.Nc1ccc(CN2CCNC2=O)cn1.Nc1ccc(CN2CCOCC2=O)cn1. The lowest BCUT2D eigenvalue weighted by Gasteiger charge is -2.27. The van der Waals surface area contributed by atoms with E-state index in [4.69, 9.17) is 33.4 Å². The van der Waals surface area contributed by atoms with Crippen molar-refractivity contribution in [3.8, 4) is 0 Å². The molecule has 23 nitrogen and oxygen atoms in total. The summed E-state index contributed by atoms with van der Waals surface area (Å²) in [6.07, 6.45) is 14.0. The number of hydrogen-bond acceptors (Lipinski definition) is 16. The normalized spacial score (nSPS) is 16.4. The fraction of sp³-hybridized carbons (Fsp3) is 0.400. The number of urea groups is 2. The third kappa shape index (κ3) is 18.4. The Bertz CT molecular complexity index is 2300. The van der Waals surface area contributed by atoms with Gasteiger partial charge in [0, 0.05) is 122 Å². The number of nitrogens with one attached hydrogen (secondary N) is 2. The van der Waals surface area contributed by atoms with Crippen LogP contribution in [0.4, 0.5) is 38.7 Å². The summed E-state index contributed by atoms with van der Waals surface area (Å²) in [5, 5.41) is 5.55. The standard InChI is InChI=1S/C11H15N3O.C10H14N4O.C10H13N3O2.C10H13N3O.C9H12N4O/c12-10-5-4-9(7-13-10)8-14-6-2-1-3-11(14)15;11-9-3-2-8(6-13-9)7-14-5-1-4-12-10(14)15;11-9-2-1-8(5-12-9)6-13-3-4-15-7-10(13)14;11-9-4-3-8(6-12-9)7-13-5-1-2-10(13)14;10-8-2-1-7(5-12-8)6-13-4-3-11-9(13)14/h4-5,7H,1-3,6,8H2,(H2,12,13);2-3,6H,1,4-5,7H2,(H2,11,13)(H,12,15);1-2,5H,3-4,6-7H2,(H2,11,12);3-4,6H,1-2,5,7H2,(H2,11,12);1-2,5H,3-4,6H2,(H2,10,12)(H,11,14). The zero-order valence-electron chi connectivity index (χ0n) is 41.1. The molecule has 5 aromatic rings. The van der Waals surface area contributed by atoms with Crippen molar-refractivity contribution in [3.63, 3.8) is 0 Å². The number of hydrogen-bond donors (Lipinski definition) is 7. The predicted molar refractivity (Wildman–Crippen MR) is 276 cm³/mol. The van der Waals surface area contributed by atoms with Crippen LogP contribution in [0.5, 0.6) is 0 Å². The summed E-state index contributed by atoms with van der Waals surface area (Å²) in [4.78, 5) is 85.9. The van der Waals surface area contributed by atoms with Crippen LogP contribution in [-0.4, -0.2) is 138 Å². The van der Waals surface area contributed by atoms with Gasteiger partial charge >= 0.3 is 12.1 Å². The Balaban J connectivity index is 0.000000149. The van der Waals surface area contributed by atoms with E-state index >= 15 is 0 Å². The molecule has 5 saturated heterocycles. The molecule has 0 aromatic carbocycles. The predicted octanol–water partition coefficient (Wildman–Crippen LogP) is 2.75. The second kappa shape index (κ2) is 27.9. The number of amides is 7. The number of nitrogens with zero attached hydrogens (tertiary/aromatic N) is 10. The van der Waals surface area contributed by atoms with Gasteiger partial charge in [-0.05, 0) is 83.8 Å². The van der Waals surface area contributed by atoms with Gasteiger partial charge in [-0.1, -0.05) is 30.3 Å². The van der Waals surface area contributed by atoms with Crippen LogP contribution < -0.4 is 39.3 Å². The zero-order chi connectivity index (χ0) is 52.0. The smallest absolute Gasteiger partial charge is 0.317 e. The molecule has 5 aliphatic heterocycles. The second-order valence-corrected chi connectivity index (χ2v) is 17.7. The van der Waals surface area contributed by atoms with Crippen LogP contribution in [0.3, 0.4) is 0 Å². The molecular formula is C50H67N17O6. The number of nitrogens with two attached hydrogens (primary N) is 5. The molecule has 0 spiro atoms. The number of pyridine rings is 5. The Morgan fingerprint density at radius 1 is 0.397 bits per heavy atom. The minimum absolute atomic E-state index is 0.00178. The lowest BCUT2D eigenvalue weighted by atomic mass is 10.1. The number of rotatable bonds is 10. The van der Waals surface area contributed by atoms with Crippen LogP contribution in [0, 0.1) is 0 Å². The van der Waals surface area contributed by atoms with Gasteiger partial charge in [0.15, 0.2) is 0 Å². The molecule has 0 unspecified atom stereocenters. The molecule has 0 bridgehead atoms. The number of morpholine rings is 1. The molecule has 5 fully saturated rings. The Labute approximate surface area is 424 Å². The van der Waals surface area contributed by atoms with Gasteiger partial charge in [0.1, 0.15) is 35.7 Å². The van der Waals surface area contributed by atoms with E-state index in [0.717, 1.165) is 92.8 Å². The maximum absolute atomic E-state index is 11.5. The molecule has 10 rings (SSSR count). The first-order chi connectivity index (χ1) is 35.3. The maximum atomic E-state index is 11.5. The molecule has 12 N–H and O–H groups in total. The number of carbonyl (C=O) groups is 5. The van der Waals surface area contributed by atoms with Crippen LogP contribution in [-0.2, 0) is 51.8 Å². The molecule has 0 saturated carbocycles. The van der Waals surface area contributed by atoms with E-state index < -0.39 is 0 Å². The highest BCUT2D eigenvalue weighted by molar-refractivity contribution is 5.79. The number of anilines is 5. The number of likely N-dealkylation sites (tertiary alicyclic amines) is 2. The zero-order valence-corrected chi connectivity index (χ0v) is 41.1. The molecule has 10 heterocycles. The third-order valence-corrected chi connectivity index (χ3v) is 11.9. The minimum atomic E-state index is -0.0122. The third-order valence-electron chi connectivity index (χ3n) is 11.9. The van der Waals surface area contributed by atoms with Crippen molar-refractivity contribution in [1.82, 2.24) is 60.1 Å². The highest BCUT2D eigenvalue weighted by atomic mass is 16.5. The van der Waals surface area contributed by atoms with Crippen LogP contribution in [0.2, 0.25) is 0 Å². The summed E-state index contributed by atoms with van der Waals surface area (Å²) in [5.74, 6) is 3.04. The Morgan fingerprint density at radius 3 is 1.11 bits per heavy atom. The highest BCUT2D eigenvalue weighted by Gasteiger charge is 2.22. The number of piperidine rings is 1. The molecule has 5 aliphatic rings. The van der Waals surface area contributed by atoms with E-state index in [0.29, 0.717) is 87.8 Å². The molecule has 0 aliphatic carbocycles. The van der Waals surface area contributed by atoms with Gasteiger partial charge in [0.05, 0.1) is 6.61 Å². The minimum Gasteiger partial charge on any atom is -0.384 e. The van der Waals surface area contributed by atoms with Crippen molar-refractivity contribution in [2.45, 2.75) is 71.2 Å². The summed E-state index contributed by atoms with van der Waals surface area (Å²) in [5.41, 5.74) is 32.4. The first-order valence-corrected chi connectivity index (χ1v) is 24.3. The Morgan fingerprint density at radius 2 is 0.753 bits per heavy atom. The fourth-order valence-corrected chi connectivity index (χ4v) is 7.86. The summed E-state index contributed by atoms with van der Waals surface area (Å²) < 4.78 is 5.04. The number of aromatic nitrogens is 5. The quantitative estimate of drug-likeness (QED) is 0.106. The van der Waals surface area contributed by atoms with Crippen LogP contribution in [0.15, 0.2) is 91.6 Å².